The maximum Gasteiger partial charge on any atom is 0.139 e. The summed E-state index contributed by atoms with van der Waals surface area (Å²) < 4.78 is 13.6. The predicted molar refractivity (Wildman–Crippen MR) is 79.4 cm³/mol. The third kappa shape index (κ3) is 4.46. The number of hydrogen-bond donors (Lipinski definition) is 2. The highest BCUT2D eigenvalue weighted by atomic mass is 79.9. The van der Waals surface area contributed by atoms with Gasteiger partial charge in [0, 0.05) is 19.2 Å². The molecule has 0 unspecified atom stereocenters. The van der Waals surface area contributed by atoms with Crippen LogP contribution in [0.2, 0.25) is 0 Å². The fourth-order valence-electron chi connectivity index (χ4n) is 1.81. The molecule has 1 aromatic rings. The van der Waals surface area contributed by atoms with Gasteiger partial charge in [-0.25, -0.2) is 4.39 Å². The molecule has 1 rings (SSSR count). The molecule has 0 bridgehead atoms. The van der Waals surface area contributed by atoms with Crippen LogP contribution in [0.3, 0.4) is 0 Å². The maximum atomic E-state index is 13.2. The van der Waals surface area contributed by atoms with Gasteiger partial charge >= 0.3 is 0 Å². The topological polar surface area (TPSA) is 41.3 Å². The lowest BCUT2D eigenvalue weighted by Crippen LogP contribution is -2.29. The van der Waals surface area contributed by atoms with Crippen LogP contribution in [0.25, 0.3) is 0 Å². The van der Waals surface area contributed by atoms with E-state index >= 15 is 0 Å². The molecule has 0 saturated carbocycles. The summed E-state index contributed by atoms with van der Waals surface area (Å²) >= 11 is 3.16. The standard InChI is InChI=1S/C13H21BrFN3/c1-3-6-18(4-2)7-5-17-13-8-10(14)11(15)9-12(13)16/h8-9,17H,3-7,16H2,1-2H3. The van der Waals surface area contributed by atoms with E-state index in [1.54, 1.807) is 6.07 Å². The molecular weight excluding hydrogens is 297 g/mol. The van der Waals surface area contributed by atoms with Crippen molar-refractivity contribution in [3.8, 4) is 0 Å². The normalized spacial score (nSPS) is 10.9. The van der Waals surface area contributed by atoms with Gasteiger partial charge in [0.05, 0.1) is 15.8 Å². The van der Waals surface area contributed by atoms with Crippen molar-refractivity contribution in [3.05, 3.63) is 22.4 Å². The van der Waals surface area contributed by atoms with Crippen LogP contribution < -0.4 is 11.1 Å². The molecule has 18 heavy (non-hydrogen) atoms. The first-order chi connectivity index (χ1) is 8.58. The van der Waals surface area contributed by atoms with Crippen molar-refractivity contribution in [1.82, 2.24) is 4.90 Å². The van der Waals surface area contributed by atoms with Gasteiger partial charge in [0.25, 0.3) is 0 Å². The maximum absolute atomic E-state index is 13.2. The third-order valence-electron chi connectivity index (χ3n) is 2.82. The number of anilines is 2. The van der Waals surface area contributed by atoms with E-state index in [1.165, 1.54) is 6.07 Å². The summed E-state index contributed by atoms with van der Waals surface area (Å²) in [6.45, 7) is 8.22. The minimum atomic E-state index is -0.334. The van der Waals surface area contributed by atoms with E-state index < -0.39 is 0 Å². The largest absolute Gasteiger partial charge is 0.397 e. The zero-order valence-electron chi connectivity index (χ0n) is 11.0. The zero-order valence-corrected chi connectivity index (χ0v) is 12.6. The van der Waals surface area contributed by atoms with Gasteiger partial charge in [-0.05, 0) is 41.5 Å². The molecule has 3 N–H and O–H groups in total. The Morgan fingerprint density at radius 3 is 2.67 bits per heavy atom. The van der Waals surface area contributed by atoms with Gasteiger partial charge in [0.1, 0.15) is 5.82 Å². The van der Waals surface area contributed by atoms with Crippen LogP contribution in [-0.2, 0) is 0 Å². The van der Waals surface area contributed by atoms with Crippen molar-refractivity contribution in [2.75, 3.05) is 37.2 Å². The number of nitrogens with one attached hydrogen (secondary N) is 1. The Morgan fingerprint density at radius 1 is 1.33 bits per heavy atom. The monoisotopic (exact) mass is 317 g/mol. The van der Waals surface area contributed by atoms with Gasteiger partial charge in [-0.2, -0.15) is 0 Å². The Bertz CT molecular complexity index is 385. The van der Waals surface area contributed by atoms with E-state index in [0.29, 0.717) is 10.2 Å². The number of nitrogens with two attached hydrogens (primary N) is 1. The highest BCUT2D eigenvalue weighted by molar-refractivity contribution is 9.10. The number of nitrogens with zero attached hydrogens (tertiary/aromatic N) is 1. The minimum absolute atomic E-state index is 0.334. The lowest BCUT2D eigenvalue weighted by molar-refractivity contribution is 0.300. The van der Waals surface area contributed by atoms with Crippen LogP contribution in [0, 0.1) is 5.82 Å². The van der Waals surface area contributed by atoms with E-state index in [4.69, 9.17) is 5.73 Å². The second kappa shape index (κ2) is 7.59. The van der Waals surface area contributed by atoms with E-state index in [0.717, 1.165) is 38.3 Å². The second-order valence-corrected chi connectivity index (χ2v) is 5.07. The molecule has 5 heteroatoms. The lowest BCUT2D eigenvalue weighted by Gasteiger charge is -2.20. The van der Waals surface area contributed by atoms with Gasteiger partial charge in [-0.3, -0.25) is 0 Å². The lowest BCUT2D eigenvalue weighted by atomic mass is 10.2. The number of likely N-dealkylation sites (N-methyl/N-ethyl adjacent to an activating group) is 1. The van der Waals surface area contributed by atoms with Gasteiger partial charge in [0.2, 0.25) is 0 Å². The molecule has 0 heterocycles. The minimum Gasteiger partial charge on any atom is -0.397 e. The molecule has 0 atom stereocenters. The molecule has 0 amide bonds. The van der Waals surface area contributed by atoms with Crippen LogP contribution in [0.1, 0.15) is 20.3 Å². The van der Waals surface area contributed by atoms with Gasteiger partial charge in [-0.15, -0.1) is 0 Å². The number of rotatable bonds is 7. The van der Waals surface area contributed by atoms with E-state index in [-0.39, 0.29) is 5.82 Å². The first kappa shape index (κ1) is 15.2. The smallest absolute Gasteiger partial charge is 0.139 e. The fraction of sp³-hybridized carbons (Fsp3) is 0.538. The molecule has 0 fully saturated rings. The van der Waals surface area contributed by atoms with Crippen molar-refractivity contribution in [1.29, 1.82) is 0 Å². The van der Waals surface area contributed by atoms with Gasteiger partial charge < -0.3 is 16.0 Å². The van der Waals surface area contributed by atoms with Crippen molar-refractivity contribution in [3.63, 3.8) is 0 Å². The number of halogens is 2. The van der Waals surface area contributed by atoms with Crippen molar-refractivity contribution in [2.45, 2.75) is 20.3 Å². The highest BCUT2D eigenvalue weighted by Gasteiger charge is 2.06. The Kier molecular flexibility index (Phi) is 6.43. The molecule has 0 aliphatic carbocycles. The Hall–Kier alpha value is -0.810. The summed E-state index contributed by atoms with van der Waals surface area (Å²) in [5, 5.41) is 3.24. The molecule has 0 aromatic heterocycles. The van der Waals surface area contributed by atoms with Crippen molar-refractivity contribution in [2.24, 2.45) is 0 Å². The SMILES string of the molecule is CCCN(CC)CCNc1cc(Br)c(F)cc1N. The molecule has 0 aliphatic rings. The average Bonchev–Trinajstić information content (AvgIpc) is 2.34. The fourth-order valence-corrected chi connectivity index (χ4v) is 2.15. The van der Waals surface area contributed by atoms with E-state index in [2.05, 4.69) is 40.0 Å². The van der Waals surface area contributed by atoms with Crippen LogP contribution in [-0.4, -0.2) is 31.1 Å². The Morgan fingerprint density at radius 2 is 2.06 bits per heavy atom. The highest BCUT2D eigenvalue weighted by Crippen LogP contribution is 2.26. The quantitative estimate of drug-likeness (QED) is 0.758. The Labute approximate surface area is 117 Å². The van der Waals surface area contributed by atoms with E-state index in [1.807, 2.05) is 0 Å². The number of nitrogen functional groups attached to an aromatic ring is 1. The summed E-state index contributed by atoms with van der Waals surface area (Å²) in [6.07, 6.45) is 1.15. The first-order valence-corrected chi connectivity index (χ1v) is 7.08. The van der Waals surface area contributed by atoms with Crippen LogP contribution in [0.4, 0.5) is 15.8 Å². The van der Waals surface area contributed by atoms with E-state index in [9.17, 15) is 4.39 Å². The second-order valence-electron chi connectivity index (χ2n) is 4.21. The first-order valence-electron chi connectivity index (χ1n) is 6.29. The molecule has 0 saturated heterocycles. The van der Waals surface area contributed by atoms with Crippen LogP contribution >= 0.6 is 15.9 Å². The average molecular weight is 318 g/mol. The zero-order chi connectivity index (χ0) is 13.5. The summed E-state index contributed by atoms with van der Waals surface area (Å²) in [7, 11) is 0. The number of hydrogen-bond acceptors (Lipinski definition) is 3. The third-order valence-corrected chi connectivity index (χ3v) is 3.43. The summed E-state index contributed by atoms with van der Waals surface area (Å²) in [5.41, 5.74) is 6.97. The molecule has 102 valence electrons. The van der Waals surface area contributed by atoms with Gasteiger partial charge in [-0.1, -0.05) is 13.8 Å². The van der Waals surface area contributed by atoms with Crippen molar-refractivity contribution >= 4 is 27.3 Å². The molecule has 1 aromatic carbocycles. The number of benzene rings is 1. The molecule has 0 aliphatic heterocycles. The molecule has 0 radical (unpaired) electrons. The molecular formula is C13H21BrFN3. The predicted octanol–water partition coefficient (Wildman–Crippen LogP) is 3.31. The van der Waals surface area contributed by atoms with Gasteiger partial charge in [0.15, 0.2) is 0 Å². The van der Waals surface area contributed by atoms with Crippen LogP contribution in [0.15, 0.2) is 16.6 Å². The van der Waals surface area contributed by atoms with Crippen LogP contribution in [0.5, 0.6) is 0 Å². The summed E-state index contributed by atoms with van der Waals surface area (Å²) in [4.78, 5) is 2.36. The summed E-state index contributed by atoms with van der Waals surface area (Å²) in [5.74, 6) is -0.334. The Balaban J connectivity index is 2.51. The molecule has 0 spiro atoms. The summed E-state index contributed by atoms with van der Waals surface area (Å²) in [6, 6.07) is 3.01. The van der Waals surface area contributed by atoms with Crippen molar-refractivity contribution < 1.29 is 4.39 Å². The molecule has 3 nitrogen and oxygen atoms in total.